The average molecular weight is 453 g/mol. The summed E-state index contributed by atoms with van der Waals surface area (Å²) in [6.07, 6.45) is 0.688. The number of para-hydroxylation sites is 1. The molecule has 3 N–H and O–H groups in total. The smallest absolute Gasteiger partial charge is 0.410 e. The molecule has 2 unspecified atom stereocenters. The third-order valence-corrected chi connectivity index (χ3v) is 5.78. The first-order valence-corrected chi connectivity index (χ1v) is 11.6. The second kappa shape index (κ2) is 10.7. The van der Waals surface area contributed by atoms with Crippen molar-refractivity contribution in [3.63, 3.8) is 0 Å². The fourth-order valence-electron chi connectivity index (χ4n) is 3.87. The molecular formula is C26H36N4O3. The molecule has 0 aliphatic carbocycles. The number of piperazine rings is 1. The Labute approximate surface area is 196 Å². The number of hydrogen-bond acceptors (Lipinski definition) is 4. The fraction of sp³-hybridized carbons (Fsp3) is 0.462. The molecule has 1 aliphatic heterocycles. The summed E-state index contributed by atoms with van der Waals surface area (Å²) < 4.78 is 5.59. The van der Waals surface area contributed by atoms with E-state index in [2.05, 4.69) is 29.8 Å². The average Bonchev–Trinajstić information content (AvgIpc) is 2.78. The largest absolute Gasteiger partial charge is 0.444 e. The highest BCUT2D eigenvalue weighted by atomic mass is 16.6. The van der Waals surface area contributed by atoms with E-state index in [9.17, 15) is 9.59 Å². The van der Waals surface area contributed by atoms with Gasteiger partial charge in [0, 0.05) is 31.0 Å². The van der Waals surface area contributed by atoms with Crippen LogP contribution in [0.1, 0.15) is 64.1 Å². The highest BCUT2D eigenvalue weighted by molar-refractivity contribution is 6.00. The van der Waals surface area contributed by atoms with Gasteiger partial charge in [-0.25, -0.2) is 9.59 Å². The van der Waals surface area contributed by atoms with Crippen LogP contribution in [0.3, 0.4) is 0 Å². The van der Waals surface area contributed by atoms with Gasteiger partial charge in [0.2, 0.25) is 0 Å². The molecule has 3 rings (SSSR count). The Morgan fingerprint density at radius 3 is 2.48 bits per heavy atom. The molecule has 0 radical (unpaired) electrons. The van der Waals surface area contributed by atoms with Crippen LogP contribution < -0.4 is 16.0 Å². The lowest BCUT2D eigenvalue weighted by Crippen LogP contribution is -2.50. The molecule has 7 heteroatoms. The van der Waals surface area contributed by atoms with Crippen LogP contribution in [-0.2, 0) is 4.74 Å². The van der Waals surface area contributed by atoms with Gasteiger partial charge in [-0.2, -0.15) is 0 Å². The van der Waals surface area contributed by atoms with Gasteiger partial charge < -0.3 is 20.7 Å². The van der Waals surface area contributed by atoms with E-state index in [1.54, 1.807) is 4.90 Å². The first-order valence-electron chi connectivity index (χ1n) is 11.6. The number of nitrogens with zero attached hydrogens (tertiary/aromatic N) is 1. The quantitative estimate of drug-likeness (QED) is 0.541. The maximum Gasteiger partial charge on any atom is 0.410 e. The van der Waals surface area contributed by atoms with Gasteiger partial charge in [0.15, 0.2) is 0 Å². The molecule has 0 spiro atoms. The second-order valence-electron chi connectivity index (χ2n) is 9.49. The van der Waals surface area contributed by atoms with Gasteiger partial charge in [-0.1, -0.05) is 44.2 Å². The van der Waals surface area contributed by atoms with Gasteiger partial charge in [0.25, 0.3) is 0 Å². The van der Waals surface area contributed by atoms with Crippen LogP contribution in [0.25, 0.3) is 0 Å². The van der Waals surface area contributed by atoms with Gasteiger partial charge in [0.05, 0.1) is 6.04 Å². The topological polar surface area (TPSA) is 82.7 Å². The van der Waals surface area contributed by atoms with Crippen LogP contribution >= 0.6 is 0 Å². The van der Waals surface area contributed by atoms with Crippen LogP contribution in [0.5, 0.6) is 0 Å². The predicted molar refractivity (Wildman–Crippen MR) is 133 cm³/mol. The number of benzene rings is 2. The Balaban J connectivity index is 1.66. The molecule has 1 heterocycles. The van der Waals surface area contributed by atoms with E-state index in [0.29, 0.717) is 24.7 Å². The normalized spacial score (nSPS) is 17.2. The lowest BCUT2D eigenvalue weighted by Gasteiger charge is -2.37. The fourth-order valence-corrected chi connectivity index (χ4v) is 3.87. The number of anilines is 2. The lowest BCUT2D eigenvalue weighted by atomic mass is 9.97. The number of nitrogens with one attached hydrogen (secondary N) is 3. The van der Waals surface area contributed by atoms with Gasteiger partial charge in [-0.05, 0) is 62.4 Å². The first kappa shape index (κ1) is 24.6. The molecule has 2 aromatic rings. The highest BCUT2D eigenvalue weighted by Crippen LogP contribution is 2.28. The molecule has 178 valence electrons. The lowest BCUT2D eigenvalue weighted by molar-refractivity contribution is 0.0118. The molecule has 1 fully saturated rings. The Bertz CT molecular complexity index is 953. The molecule has 0 aromatic heterocycles. The van der Waals surface area contributed by atoms with Crippen LogP contribution in [0.2, 0.25) is 0 Å². The summed E-state index contributed by atoms with van der Waals surface area (Å²) in [5.41, 5.74) is 3.08. The third kappa shape index (κ3) is 6.71. The van der Waals surface area contributed by atoms with Crippen molar-refractivity contribution in [2.75, 3.05) is 30.3 Å². The summed E-state index contributed by atoms with van der Waals surface area (Å²) in [6, 6.07) is 15.1. The van der Waals surface area contributed by atoms with Crippen molar-refractivity contribution in [1.29, 1.82) is 0 Å². The van der Waals surface area contributed by atoms with Crippen LogP contribution in [0.4, 0.5) is 21.0 Å². The molecule has 1 saturated heterocycles. The maximum atomic E-state index is 12.7. The van der Waals surface area contributed by atoms with Gasteiger partial charge in [-0.15, -0.1) is 0 Å². The summed E-state index contributed by atoms with van der Waals surface area (Å²) >= 11 is 0. The van der Waals surface area contributed by atoms with E-state index in [-0.39, 0.29) is 18.2 Å². The summed E-state index contributed by atoms with van der Waals surface area (Å²) in [4.78, 5) is 27.1. The second-order valence-corrected chi connectivity index (χ2v) is 9.49. The minimum Gasteiger partial charge on any atom is -0.444 e. The van der Waals surface area contributed by atoms with Crippen molar-refractivity contribution < 1.29 is 14.3 Å². The predicted octanol–water partition coefficient (Wildman–Crippen LogP) is 5.73. The van der Waals surface area contributed by atoms with E-state index in [4.69, 9.17) is 4.74 Å². The number of carbonyl (C=O) groups is 2. The molecule has 7 nitrogen and oxygen atoms in total. The summed E-state index contributed by atoms with van der Waals surface area (Å²) in [7, 11) is 0. The number of hydrogen-bond donors (Lipinski definition) is 3. The minimum atomic E-state index is -0.540. The standard InChI is InChI=1S/C26H36N4O3/c1-6-18(2)21-9-7-8-10-22(21)29-24(31)28-20-13-11-19(12-14-20)23-17-27-15-16-30(23)25(32)33-26(3,4)5/h7-14,18,23,27H,6,15-17H2,1-5H3,(H2,28,29,31). The zero-order valence-corrected chi connectivity index (χ0v) is 20.3. The van der Waals surface area contributed by atoms with Crippen molar-refractivity contribution in [3.8, 4) is 0 Å². The van der Waals surface area contributed by atoms with E-state index < -0.39 is 5.60 Å². The summed E-state index contributed by atoms with van der Waals surface area (Å²) in [5.74, 6) is 0.359. The van der Waals surface area contributed by atoms with Crippen molar-refractivity contribution in [2.24, 2.45) is 0 Å². The molecule has 0 bridgehead atoms. The molecular weight excluding hydrogens is 416 g/mol. The van der Waals surface area contributed by atoms with E-state index in [0.717, 1.165) is 29.8 Å². The highest BCUT2D eigenvalue weighted by Gasteiger charge is 2.31. The Hall–Kier alpha value is -3.06. The number of carbonyl (C=O) groups excluding carboxylic acids is 2. The van der Waals surface area contributed by atoms with Crippen LogP contribution in [-0.4, -0.2) is 42.3 Å². The van der Waals surface area contributed by atoms with Crippen LogP contribution in [0, 0.1) is 0 Å². The van der Waals surface area contributed by atoms with Crippen LogP contribution in [0.15, 0.2) is 48.5 Å². The maximum absolute atomic E-state index is 12.7. The van der Waals surface area contributed by atoms with Gasteiger partial charge in [0.1, 0.15) is 5.60 Å². The monoisotopic (exact) mass is 452 g/mol. The van der Waals surface area contributed by atoms with Gasteiger partial charge >= 0.3 is 12.1 Å². The van der Waals surface area contributed by atoms with Crippen molar-refractivity contribution in [3.05, 3.63) is 59.7 Å². The van der Waals surface area contributed by atoms with Crippen molar-refractivity contribution in [1.82, 2.24) is 10.2 Å². The summed E-state index contributed by atoms with van der Waals surface area (Å²) in [5, 5.41) is 9.21. The molecule has 2 aromatic carbocycles. The summed E-state index contributed by atoms with van der Waals surface area (Å²) in [6.45, 7) is 11.9. The van der Waals surface area contributed by atoms with E-state index in [1.807, 2.05) is 69.3 Å². The molecule has 3 amide bonds. The third-order valence-electron chi connectivity index (χ3n) is 5.78. The minimum absolute atomic E-state index is 0.126. The van der Waals surface area contributed by atoms with Gasteiger partial charge in [-0.3, -0.25) is 4.90 Å². The van der Waals surface area contributed by atoms with Crippen molar-refractivity contribution in [2.45, 2.75) is 58.6 Å². The SMILES string of the molecule is CCC(C)c1ccccc1NC(=O)Nc1ccc(C2CNCCN2C(=O)OC(C)(C)C)cc1. The zero-order valence-electron chi connectivity index (χ0n) is 20.3. The van der Waals surface area contributed by atoms with Crippen molar-refractivity contribution >= 4 is 23.5 Å². The zero-order chi connectivity index (χ0) is 24.0. The Kier molecular flexibility index (Phi) is 7.97. The first-order chi connectivity index (χ1) is 15.7. The number of rotatable bonds is 5. The molecule has 1 aliphatic rings. The molecule has 33 heavy (non-hydrogen) atoms. The molecule has 0 saturated carbocycles. The number of amides is 3. The number of ether oxygens (including phenoxy) is 1. The van der Waals surface area contributed by atoms with E-state index in [1.165, 1.54) is 0 Å². The number of urea groups is 1. The Morgan fingerprint density at radius 2 is 1.82 bits per heavy atom. The van der Waals surface area contributed by atoms with E-state index >= 15 is 0 Å². The molecule has 2 atom stereocenters. The Morgan fingerprint density at radius 1 is 1.12 bits per heavy atom.